The minimum atomic E-state index is -0.453. The average Bonchev–Trinajstić information content (AvgIpc) is 2.49. The normalized spacial score (nSPS) is 11.8. The Morgan fingerprint density at radius 3 is 2.68 bits per heavy atom. The second-order valence-electron chi connectivity index (χ2n) is 4.71. The number of nitro benzene ring substituents is 1. The van der Waals surface area contributed by atoms with Crippen molar-refractivity contribution in [2.75, 3.05) is 12.4 Å². The van der Waals surface area contributed by atoms with Crippen molar-refractivity contribution < 1.29 is 14.8 Å². The average molecular weight is 367 g/mol. The number of benzene rings is 2. The van der Waals surface area contributed by atoms with Crippen LogP contribution in [-0.4, -0.2) is 17.1 Å². The Kier molecular flexibility index (Phi) is 4.87. The number of nitrogens with one attached hydrogen (secondary N) is 1. The van der Waals surface area contributed by atoms with Crippen LogP contribution in [0.25, 0.3) is 0 Å². The largest absolute Gasteiger partial charge is 0.508 e. The molecule has 0 saturated carbocycles. The van der Waals surface area contributed by atoms with Gasteiger partial charge in [0.05, 0.1) is 18.1 Å². The van der Waals surface area contributed by atoms with Crippen LogP contribution in [-0.2, 0) is 0 Å². The van der Waals surface area contributed by atoms with Crippen LogP contribution in [0.1, 0.15) is 18.5 Å². The number of hydrogen-bond acceptors (Lipinski definition) is 5. The number of hydrogen-bond donors (Lipinski definition) is 2. The Morgan fingerprint density at radius 1 is 1.32 bits per heavy atom. The molecule has 0 aliphatic heterocycles. The van der Waals surface area contributed by atoms with Crippen LogP contribution in [0.4, 0.5) is 11.4 Å². The molecule has 0 aliphatic carbocycles. The van der Waals surface area contributed by atoms with E-state index in [1.54, 1.807) is 31.2 Å². The zero-order chi connectivity index (χ0) is 16.3. The molecule has 2 aromatic rings. The highest BCUT2D eigenvalue weighted by Crippen LogP contribution is 2.34. The summed E-state index contributed by atoms with van der Waals surface area (Å²) < 4.78 is 5.76. The summed E-state index contributed by atoms with van der Waals surface area (Å²) in [6, 6.07) is 9.30. The van der Waals surface area contributed by atoms with Crippen LogP contribution in [0, 0.1) is 10.1 Å². The Morgan fingerprint density at radius 2 is 2.05 bits per heavy atom. The fourth-order valence-electron chi connectivity index (χ4n) is 2.10. The molecule has 0 aromatic heterocycles. The summed E-state index contributed by atoms with van der Waals surface area (Å²) in [6.45, 7) is 1.81. The standard InChI is InChI=1S/C15H15BrN2O4/c1-9(12-8-11(22-2)4-6-15(12)19)17-13-5-3-10(16)7-14(13)18(20)21/h3-9,17,19H,1-2H3. The Balaban J connectivity index is 2.33. The quantitative estimate of drug-likeness (QED) is 0.610. The van der Waals surface area contributed by atoms with E-state index in [1.807, 2.05) is 0 Å². The van der Waals surface area contributed by atoms with Gasteiger partial charge < -0.3 is 15.2 Å². The zero-order valence-corrected chi connectivity index (χ0v) is 13.6. The molecule has 116 valence electrons. The first-order valence-corrected chi connectivity index (χ1v) is 7.29. The lowest BCUT2D eigenvalue weighted by molar-refractivity contribution is -0.384. The Labute approximate surface area is 136 Å². The molecule has 0 amide bonds. The van der Waals surface area contributed by atoms with Crippen molar-refractivity contribution in [2.45, 2.75) is 13.0 Å². The molecule has 0 saturated heterocycles. The second kappa shape index (κ2) is 6.65. The van der Waals surface area contributed by atoms with E-state index in [0.717, 1.165) is 0 Å². The molecule has 0 radical (unpaired) electrons. The molecule has 0 fully saturated rings. The summed E-state index contributed by atoms with van der Waals surface area (Å²) in [5, 5.41) is 24.1. The minimum Gasteiger partial charge on any atom is -0.508 e. The van der Waals surface area contributed by atoms with Crippen molar-refractivity contribution in [1.29, 1.82) is 0 Å². The van der Waals surface area contributed by atoms with Crippen molar-refractivity contribution in [2.24, 2.45) is 0 Å². The maximum absolute atomic E-state index is 11.1. The lowest BCUT2D eigenvalue weighted by Gasteiger charge is -2.17. The highest BCUT2D eigenvalue weighted by molar-refractivity contribution is 9.10. The van der Waals surface area contributed by atoms with Crippen LogP contribution >= 0.6 is 15.9 Å². The monoisotopic (exact) mass is 366 g/mol. The number of halogens is 1. The summed E-state index contributed by atoms with van der Waals surface area (Å²) >= 11 is 3.22. The SMILES string of the molecule is COc1ccc(O)c(C(C)Nc2ccc(Br)cc2[N+](=O)[O-])c1. The number of phenols is 1. The fraction of sp³-hybridized carbons (Fsp3) is 0.200. The predicted molar refractivity (Wildman–Crippen MR) is 87.5 cm³/mol. The molecule has 0 aliphatic rings. The van der Waals surface area contributed by atoms with E-state index in [9.17, 15) is 15.2 Å². The summed E-state index contributed by atoms with van der Waals surface area (Å²) in [5.74, 6) is 0.701. The molecular weight excluding hydrogens is 352 g/mol. The lowest BCUT2D eigenvalue weighted by atomic mass is 10.1. The van der Waals surface area contributed by atoms with E-state index in [4.69, 9.17) is 4.74 Å². The summed E-state index contributed by atoms with van der Waals surface area (Å²) in [5.41, 5.74) is 0.933. The van der Waals surface area contributed by atoms with E-state index in [0.29, 0.717) is 21.5 Å². The Hall–Kier alpha value is -2.28. The molecule has 22 heavy (non-hydrogen) atoms. The topological polar surface area (TPSA) is 84.6 Å². The van der Waals surface area contributed by atoms with Gasteiger partial charge >= 0.3 is 0 Å². The number of nitro groups is 1. The molecule has 0 bridgehead atoms. The highest BCUT2D eigenvalue weighted by atomic mass is 79.9. The van der Waals surface area contributed by atoms with E-state index < -0.39 is 4.92 Å². The third kappa shape index (κ3) is 3.48. The molecule has 0 spiro atoms. The summed E-state index contributed by atoms with van der Waals surface area (Å²) in [4.78, 5) is 10.7. The number of aromatic hydroxyl groups is 1. The van der Waals surface area contributed by atoms with Gasteiger partial charge in [0.2, 0.25) is 0 Å². The van der Waals surface area contributed by atoms with Crippen molar-refractivity contribution in [3.8, 4) is 11.5 Å². The highest BCUT2D eigenvalue weighted by Gasteiger charge is 2.18. The first-order chi connectivity index (χ1) is 10.4. The first-order valence-electron chi connectivity index (χ1n) is 6.49. The van der Waals surface area contributed by atoms with Gasteiger partial charge in [-0.1, -0.05) is 15.9 Å². The molecule has 2 aromatic carbocycles. The molecule has 6 nitrogen and oxygen atoms in total. The van der Waals surface area contributed by atoms with E-state index in [2.05, 4.69) is 21.2 Å². The third-order valence-electron chi connectivity index (χ3n) is 3.23. The predicted octanol–water partition coefficient (Wildman–Crippen LogP) is 4.24. The maximum atomic E-state index is 11.1. The van der Waals surface area contributed by atoms with Crippen LogP contribution in [0.3, 0.4) is 0 Å². The molecule has 1 atom stereocenters. The van der Waals surface area contributed by atoms with E-state index >= 15 is 0 Å². The number of ether oxygens (including phenoxy) is 1. The van der Waals surface area contributed by atoms with Gasteiger partial charge in [-0.2, -0.15) is 0 Å². The maximum Gasteiger partial charge on any atom is 0.293 e. The van der Waals surface area contributed by atoms with E-state index in [-0.39, 0.29) is 17.5 Å². The van der Waals surface area contributed by atoms with Crippen molar-refractivity contribution in [3.05, 3.63) is 56.5 Å². The fourth-order valence-corrected chi connectivity index (χ4v) is 2.44. The van der Waals surface area contributed by atoms with Gasteiger partial charge in [-0.05, 0) is 37.3 Å². The molecule has 1 unspecified atom stereocenters. The van der Waals surface area contributed by atoms with Crippen LogP contribution < -0.4 is 10.1 Å². The summed E-state index contributed by atoms with van der Waals surface area (Å²) in [7, 11) is 1.54. The van der Waals surface area contributed by atoms with Crippen molar-refractivity contribution in [3.63, 3.8) is 0 Å². The molecule has 2 rings (SSSR count). The summed E-state index contributed by atoms with van der Waals surface area (Å²) in [6.07, 6.45) is 0. The number of phenolic OH excluding ortho intramolecular Hbond substituents is 1. The van der Waals surface area contributed by atoms with Gasteiger partial charge in [-0.3, -0.25) is 10.1 Å². The number of anilines is 1. The van der Waals surface area contributed by atoms with Crippen molar-refractivity contribution in [1.82, 2.24) is 0 Å². The van der Waals surface area contributed by atoms with Gasteiger partial charge in [0, 0.05) is 16.1 Å². The molecule has 0 heterocycles. The number of rotatable bonds is 5. The van der Waals surface area contributed by atoms with Gasteiger partial charge in [0.1, 0.15) is 17.2 Å². The Bertz CT molecular complexity index is 706. The number of nitrogens with zero attached hydrogens (tertiary/aromatic N) is 1. The smallest absolute Gasteiger partial charge is 0.293 e. The first kappa shape index (κ1) is 16.1. The van der Waals surface area contributed by atoms with Crippen LogP contribution in [0.15, 0.2) is 40.9 Å². The second-order valence-corrected chi connectivity index (χ2v) is 5.63. The van der Waals surface area contributed by atoms with Crippen LogP contribution in [0.5, 0.6) is 11.5 Å². The molecule has 2 N–H and O–H groups in total. The lowest BCUT2D eigenvalue weighted by Crippen LogP contribution is -2.09. The minimum absolute atomic E-state index is 0.0383. The van der Waals surface area contributed by atoms with Gasteiger partial charge in [0.15, 0.2) is 0 Å². The zero-order valence-electron chi connectivity index (χ0n) is 12.0. The molecule has 7 heteroatoms. The number of methoxy groups -OCH3 is 1. The van der Waals surface area contributed by atoms with Crippen molar-refractivity contribution >= 4 is 27.3 Å². The molecular formula is C15H15BrN2O4. The van der Waals surface area contributed by atoms with Gasteiger partial charge in [0.25, 0.3) is 5.69 Å². The third-order valence-corrected chi connectivity index (χ3v) is 3.72. The van der Waals surface area contributed by atoms with Crippen LogP contribution in [0.2, 0.25) is 0 Å². The van der Waals surface area contributed by atoms with Gasteiger partial charge in [-0.15, -0.1) is 0 Å². The van der Waals surface area contributed by atoms with Gasteiger partial charge in [-0.25, -0.2) is 0 Å². The van der Waals surface area contributed by atoms with E-state index in [1.165, 1.54) is 19.2 Å².